The SMILES string of the molecule is CC1(C)c2ccccc2-c2ccc(-c3cc(-c4cc(-c5ccccc5)nc(-c5ccc(C(=N)Nc6ccccc6)cc5)n4)cc(-n4c5ccccc5c5ccccc54)c3)cc21. The minimum Gasteiger partial charge on any atom is -0.340 e. The zero-order valence-corrected chi connectivity index (χ0v) is 33.9. The quantitative estimate of drug-likeness (QED) is 0.125. The fourth-order valence-electron chi connectivity index (χ4n) is 9.14. The monoisotopic (exact) mass is 783 g/mol. The molecule has 11 rings (SSSR count). The molecule has 1 aliphatic carbocycles. The van der Waals surface area contributed by atoms with Gasteiger partial charge in [0.05, 0.1) is 22.4 Å². The second kappa shape index (κ2) is 14.4. The molecule has 0 bridgehead atoms. The van der Waals surface area contributed by atoms with Gasteiger partial charge < -0.3 is 9.88 Å². The third kappa shape index (κ3) is 6.30. The minimum absolute atomic E-state index is 0.132. The largest absolute Gasteiger partial charge is 0.340 e. The highest BCUT2D eigenvalue weighted by atomic mass is 15.0. The van der Waals surface area contributed by atoms with Crippen LogP contribution in [0.4, 0.5) is 5.69 Å². The van der Waals surface area contributed by atoms with Crippen molar-refractivity contribution in [1.82, 2.24) is 14.5 Å². The van der Waals surface area contributed by atoms with Gasteiger partial charge in [-0.1, -0.05) is 159 Å². The van der Waals surface area contributed by atoms with Crippen molar-refractivity contribution in [3.8, 4) is 61.8 Å². The Hall–Kier alpha value is -7.89. The number of hydrogen-bond donors (Lipinski definition) is 2. The average molecular weight is 784 g/mol. The first-order valence-electron chi connectivity index (χ1n) is 20.7. The van der Waals surface area contributed by atoms with Crippen molar-refractivity contribution in [1.29, 1.82) is 5.41 Å². The fraction of sp³-hybridized carbons (Fsp3) is 0.0536. The smallest absolute Gasteiger partial charge is 0.160 e. The number of nitrogens with zero attached hydrogens (tertiary/aromatic N) is 3. The van der Waals surface area contributed by atoms with Crippen LogP contribution in [0.3, 0.4) is 0 Å². The molecule has 1 aliphatic rings. The van der Waals surface area contributed by atoms with Crippen LogP contribution in [-0.2, 0) is 5.41 Å². The molecule has 0 atom stereocenters. The van der Waals surface area contributed by atoms with Gasteiger partial charge in [0.1, 0.15) is 5.84 Å². The van der Waals surface area contributed by atoms with Gasteiger partial charge in [-0.15, -0.1) is 0 Å². The van der Waals surface area contributed by atoms with Crippen LogP contribution in [0.15, 0.2) is 200 Å². The van der Waals surface area contributed by atoms with E-state index in [0.717, 1.165) is 67.2 Å². The lowest BCUT2D eigenvalue weighted by molar-refractivity contribution is 0.660. The first-order valence-corrected chi connectivity index (χ1v) is 20.7. The topological polar surface area (TPSA) is 66.6 Å². The lowest BCUT2D eigenvalue weighted by atomic mass is 9.81. The second-order valence-electron chi connectivity index (χ2n) is 16.3. The lowest BCUT2D eigenvalue weighted by Crippen LogP contribution is -2.14. The molecule has 5 nitrogen and oxygen atoms in total. The molecule has 0 amide bonds. The third-order valence-electron chi connectivity index (χ3n) is 12.2. The molecule has 290 valence electrons. The van der Waals surface area contributed by atoms with Gasteiger partial charge >= 0.3 is 0 Å². The summed E-state index contributed by atoms with van der Waals surface area (Å²) < 4.78 is 2.39. The van der Waals surface area contributed by atoms with Crippen LogP contribution in [0.1, 0.15) is 30.5 Å². The van der Waals surface area contributed by atoms with Crippen LogP contribution in [-0.4, -0.2) is 20.4 Å². The number of nitrogens with one attached hydrogen (secondary N) is 2. The Morgan fingerprint density at radius 3 is 1.77 bits per heavy atom. The predicted octanol–water partition coefficient (Wildman–Crippen LogP) is 14.0. The van der Waals surface area contributed by atoms with E-state index in [4.69, 9.17) is 15.4 Å². The normalized spacial score (nSPS) is 12.6. The molecule has 2 N–H and O–H groups in total. The number of anilines is 1. The van der Waals surface area contributed by atoms with Gasteiger partial charge in [0.15, 0.2) is 5.82 Å². The van der Waals surface area contributed by atoms with Crippen molar-refractivity contribution in [3.63, 3.8) is 0 Å². The van der Waals surface area contributed by atoms with E-state index >= 15 is 0 Å². The summed E-state index contributed by atoms with van der Waals surface area (Å²) in [6, 6.07) is 70.2. The maximum absolute atomic E-state index is 8.76. The van der Waals surface area contributed by atoms with Gasteiger partial charge in [-0.3, -0.25) is 5.41 Å². The summed E-state index contributed by atoms with van der Waals surface area (Å²) in [5, 5.41) is 14.4. The molecule has 8 aromatic carbocycles. The van der Waals surface area contributed by atoms with Crippen LogP contribution in [0, 0.1) is 5.41 Å². The first kappa shape index (κ1) is 36.2. The summed E-state index contributed by atoms with van der Waals surface area (Å²) >= 11 is 0. The Bertz CT molecular complexity index is 3250. The van der Waals surface area contributed by atoms with Crippen LogP contribution in [0.2, 0.25) is 0 Å². The molecule has 61 heavy (non-hydrogen) atoms. The summed E-state index contributed by atoms with van der Waals surface area (Å²) in [5.74, 6) is 0.942. The Labute approximate surface area is 355 Å². The molecule has 5 heteroatoms. The summed E-state index contributed by atoms with van der Waals surface area (Å²) in [7, 11) is 0. The predicted molar refractivity (Wildman–Crippen MR) is 253 cm³/mol. The van der Waals surface area contributed by atoms with Crippen molar-refractivity contribution in [2.75, 3.05) is 5.32 Å². The van der Waals surface area contributed by atoms with Crippen LogP contribution < -0.4 is 5.32 Å². The highest BCUT2D eigenvalue weighted by molar-refractivity contribution is 6.09. The van der Waals surface area contributed by atoms with Gasteiger partial charge in [-0.2, -0.15) is 0 Å². The molecule has 0 saturated carbocycles. The Morgan fingerprint density at radius 1 is 0.475 bits per heavy atom. The standard InChI is InChI=1S/C56H41N5/c1-56(2)48-22-12-9-19-44(48)45-30-29-39(34-49(45)56)40-31-41(33-43(32-40)61-52-23-13-10-20-46(52)47-21-11-14-24-53(47)61)51-35-50(36-15-5-3-6-16-36)59-55(60-51)38-27-25-37(26-28-38)54(57)58-42-17-7-4-8-18-42/h3-35H,1-2H3,(H2,57,58). The number of benzene rings is 8. The van der Waals surface area contributed by atoms with Crippen molar-refractivity contribution in [2.24, 2.45) is 0 Å². The second-order valence-corrected chi connectivity index (χ2v) is 16.3. The average Bonchev–Trinajstić information content (AvgIpc) is 3.77. The molecular formula is C56H41N5. The molecule has 0 spiro atoms. The van der Waals surface area contributed by atoms with Gasteiger partial charge in [-0.25, -0.2) is 9.97 Å². The number of para-hydroxylation sites is 3. The van der Waals surface area contributed by atoms with Gasteiger partial charge in [-0.05, 0) is 88.0 Å². The summed E-state index contributed by atoms with van der Waals surface area (Å²) in [6.07, 6.45) is 0. The Kier molecular flexibility index (Phi) is 8.57. The third-order valence-corrected chi connectivity index (χ3v) is 12.2. The summed E-state index contributed by atoms with van der Waals surface area (Å²) in [5.41, 5.74) is 17.0. The van der Waals surface area contributed by atoms with Crippen molar-refractivity contribution in [3.05, 3.63) is 217 Å². The Morgan fingerprint density at radius 2 is 1.05 bits per heavy atom. The number of rotatable bonds is 7. The first-order chi connectivity index (χ1) is 29.9. The van der Waals surface area contributed by atoms with E-state index < -0.39 is 0 Å². The van der Waals surface area contributed by atoms with Crippen LogP contribution in [0.5, 0.6) is 0 Å². The number of fused-ring (bicyclic) bond motifs is 6. The van der Waals surface area contributed by atoms with Crippen LogP contribution in [0.25, 0.3) is 83.6 Å². The van der Waals surface area contributed by atoms with E-state index in [9.17, 15) is 0 Å². The molecule has 0 unspecified atom stereocenters. The molecule has 0 aliphatic heterocycles. The van der Waals surface area contributed by atoms with Gasteiger partial charge in [0, 0.05) is 49.8 Å². The highest BCUT2D eigenvalue weighted by Gasteiger charge is 2.35. The van der Waals surface area contributed by atoms with Crippen molar-refractivity contribution in [2.45, 2.75) is 19.3 Å². The maximum Gasteiger partial charge on any atom is 0.160 e. The molecule has 0 fully saturated rings. The molecular weight excluding hydrogens is 743 g/mol. The van der Waals surface area contributed by atoms with E-state index in [1.165, 1.54) is 33.0 Å². The van der Waals surface area contributed by atoms with E-state index in [1.54, 1.807) is 0 Å². The van der Waals surface area contributed by atoms with Gasteiger partial charge in [0.25, 0.3) is 0 Å². The van der Waals surface area contributed by atoms with E-state index in [2.05, 4.69) is 151 Å². The molecule has 2 aromatic heterocycles. The zero-order chi connectivity index (χ0) is 41.1. The maximum atomic E-state index is 8.76. The van der Waals surface area contributed by atoms with E-state index in [-0.39, 0.29) is 5.41 Å². The number of amidine groups is 1. The Balaban J connectivity index is 1.10. The number of aromatic nitrogens is 3. The van der Waals surface area contributed by atoms with Crippen molar-refractivity contribution >= 4 is 33.3 Å². The minimum atomic E-state index is -0.132. The van der Waals surface area contributed by atoms with E-state index in [1.807, 2.05) is 72.8 Å². The number of hydrogen-bond acceptors (Lipinski definition) is 3. The highest BCUT2D eigenvalue weighted by Crippen LogP contribution is 2.50. The summed E-state index contributed by atoms with van der Waals surface area (Å²) in [4.78, 5) is 10.5. The molecule has 2 heterocycles. The van der Waals surface area contributed by atoms with E-state index in [0.29, 0.717) is 11.7 Å². The molecule has 0 saturated heterocycles. The fourth-order valence-corrected chi connectivity index (χ4v) is 9.14. The zero-order valence-electron chi connectivity index (χ0n) is 33.9. The van der Waals surface area contributed by atoms with Crippen LogP contribution >= 0.6 is 0 Å². The lowest BCUT2D eigenvalue weighted by Gasteiger charge is -2.22. The molecule has 10 aromatic rings. The van der Waals surface area contributed by atoms with Gasteiger partial charge in [0.2, 0.25) is 0 Å². The van der Waals surface area contributed by atoms with Crippen molar-refractivity contribution < 1.29 is 0 Å². The molecule has 0 radical (unpaired) electrons. The summed E-state index contributed by atoms with van der Waals surface area (Å²) in [6.45, 7) is 4.67.